The molecule has 0 N–H and O–H groups in total. The van der Waals surface area contributed by atoms with E-state index in [0.29, 0.717) is 6.07 Å². The summed E-state index contributed by atoms with van der Waals surface area (Å²) in [5.74, 6) is -4.78. The van der Waals surface area contributed by atoms with Gasteiger partial charge in [0.2, 0.25) is 0 Å². The fraction of sp³-hybridized carbons (Fsp3) is 0.200. The first-order chi connectivity index (χ1) is 9.27. The number of hydrogen-bond acceptors (Lipinski definition) is 4. The number of hydrogen-bond donors (Lipinski definition) is 0. The summed E-state index contributed by atoms with van der Waals surface area (Å²) < 4.78 is 63.3. The van der Waals surface area contributed by atoms with Crippen LogP contribution in [0.15, 0.2) is 17.3 Å². The average Bonchev–Trinajstić information content (AvgIpc) is 2.79. The van der Waals surface area contributed by atoms with E-state index in [2.05, 4.69) is 10.2 Å². The molecule has 0 amide bonds. The van der Waals surface area contributed by atoms with Crippen LogP contribution in [0.1, 0.15) is 6.92 Å². The third-order valence-corrected chi connectivity index (χ3v) is 3.68. The van der Waals surface area contributed by atoms with Crippen LogP contribution in [-0.4, -0.2) is 23.2 Å². The monoisotopic (exact) mass is 325 g/mol. The first-order valence-corrected chi connectivity index (χ1v) is 7.60. The molecule has 5 nitrogen and oxygen atoms in total. The van der Waals surface area contributed by atoms with E-state index in [1.807, 2.05) is 0 Å². The second-order valence-electron chi connectivity index (χ2n) is 3.71. The molecule has 0 fully saturated rings. The van der Waals surface area contributed by atoms with Crippen LogP contribution in [0.5, 0.6) is 0 Å². The molecule has 10 heteroatoms. The molecule has 0 bridgehead atoms. The smallest absolute Gasteiger partial charge is 0.296 e. The van der Waals surface area contributed by atoms with Crippen LogP contribution in [-0.2, 0) is 15.6 Å². The maximum absolute atomic E-state index is 13.7. The number of aromatic nitrogens is 3. The van der Waals surface area contributed by atoms with Crippen LogP contribution in [0.2, 0.25) is 0 Å². The largest absolute Gasteiger partial charge is 0.297 e. The second-order valence-corrected chi connectivity index (χ2v) is 6.17. The molecule has 1 aromatic carbocycles. The molecule has 0 saturated heterocycles. The van der Waals surface area contributed by atoms with Gasteiger partial charge in [-0.05, 0) is 19.1 Å². The average molecular weight is 326 g/mol. The van der Waals surface area contributed by atoms with Crippen molar-refractivity contribution in [1.29, 1.82) is 0 Å². The fourth-order valence-corrected chi connectivity index (χ4v) is 2.61. The molecule has 0 aliphatic carbocycles. The van der Waals surface area contributed by atoms with Crippen molar-refractivity contribution in [2.24, 2.45) is 0 Å². The number of halogens is 4. The van der Waals surface area contributed by atoms with E-state index < -0.39 is 37.2 Å². The van der Waals surface area contributed by atoms with Crippen LogP contribution in [0.3, 0.4) is 0 Å². The van der Waals surface area contributed by atoms with Gasteiger partial charge in [0.05, 0.1) is 5.56 Å². The van der Waals surface area contributed by atoms with Gasteiger partial charge in [-0.15, -0.1) is 10.2 Å². The van der Waals surface area contributed by atoms with Gasteiger partial charge in [-0.3, -0.25) is 4.57 Å². The normalized spacial score (nSPS) is 11.8. The molecule has 0 saturated carbocycles. The standard InChI is InChI=1S/C10H7ClF3N3O2S/c1-2-17-9(15-16-10(17)20(11,18)19)5-3-4-6(12)8(14)7(5)13/h3-4H,2H2,1H3. The summed E-state index contributed by atoms with van der Waals surface area (Å²) in [6.07, 6.45) is 0. The zero-order chi connectivity index (χ0) is 15.1. The lowest BCUT2D eigenvalue weighted by atomic mass is 10.2. The Morgan fingerprint density at radius 3 is 2.40 bits per heavy atom. The van der Waals surface area contributed by atoms with Crippen molar-refractivity contribution in [3.8, 4) is 11.4 Å². The Labute approximate surface area is 116 Å². The van der Waals surface area contributed by atoms with Gasteiger partial charge < -0.3 is 0 Å². The highest BCUT2D eigenvalue weighted by Gasteiger charge is 2.25. The summed E-state index contributed by atoms with van der Waals surface area (Å²) in [4.78, 5) is 0. The van der Waals surface area contributed by atoms with E-state index in [4.69, 9.17) is 10.7 Å². The summed E-state index contributed by atoms with van der Waals surface area (Å²) in [5, 5.41) is 6.22. The van der Waals surface area contributed by atoms with Crippen molar-refractivity contribution in [1.82, 2.24) is 14.8 Å². The van der Waals surface area contributed by atoms with Gasteiger partial charge in [0.15, 0.2) is 23.3 Å². The first kappa shape index (κ1) is 14.8. The molecule has 108 valence electrons. The molecule has 0 spiro atoms. The Bertz CT molecular complexity index is 776. The molecule has 1 aromatic heterocycles. The molecule has 0 aliphatic heterocycles. The molecular formula is C10H7ClF3N3O2S. The molecule has 0 unspecified atom stereocenters. The Morgan fingerprint density at radius 2 is 1.85 bits per heavy atom. The van der Waals surface area contributed by atoms with Crippen molar-refractivity contribution in [2.75, 3.05) is 0 Å². The molecule has 1 heterocycles. The summed E-state index contributed by atoms with van der Waals surface area (Å²) in [6.45, 7) is 1.58. The zero-order valence-electron chi connectivity index (χ0n) is 9.94. The van der Waals surface area contributed by atoms with E-state index in [-0.39, 0.29) is 12.4 Å². The maximum Gasteiger partial charge on any atom is 0.296 e. The second kappa shape index (κ2) is 5.06. The van der Waals surface area contributed by atoms with Crippen molar-refractivity contribution < 1.29 is 21.6 Å². The van der Waals surface area contributed by atoms with Crippen LogP contribution in [0, 0.1) is 17.5 Å². The van der Waals surface area contributed by atoms with Gasteiger partial charge in [-0.2, -0.15) is 0 Å². The molecule has 0 radical (unpaired) electrons. The van der Waals surface area contributed by atoms with Gasteiger partial charge in [0, 0.05) is 17.2 Å². The van der Waals surface area contributed by atoms with E-state index in [9.17, 15) is 21.6 Å². The minimum atomic E-state index is -4.19. The quantitative estimate of drug-likeness (QED) is 0.641. The fourth-order valence-electron chi connectivity index (χ4n) is 1.65. The van der Waals surface area contributed by atoms with Crippen LogP contribution in [0.4, 0.5) is 13.2 Å². The molecular weight excluding hydrogens is 319 g/mol. The Morgan fingerprint density at radius 1 is 1.20 bits per heavy atom. The van der Waals surface area contributed by atoms with E-state index >= 15 is 0 Å². The lowest BCUT2D eigenvalue weighted by Gasteiger charge is -2.07. The zero-order valence-corrected chi connectivity index (χ0v) is 11.5. The third-order valence-electron chi connectivity index (χ3n) is 2.53. The van der Waals surface area contributed by atoms with Gasteiger partial charge in [0.1, 0.15) is 0 Å². The third kappa shape index (κ3) is 2.38. The molecule has 0 aliphatic rings. The van der Waals surface area contributed by atoms with E-state index in [0.717, 1.165) is 10.6 Å². The first-order valence-electron chi connectivity index (χ1n) is 5.29. The Hall–Kier alpha value is -1.61. The predicted octanol–water partition coefficient (Wildman–Crippen LogP) is 2.31. The van der Waals surface area contributed by atoms with Crippen molar-refractivity contribution in [3.05, 3.63) is 29.6 Å². The maximum atomic E-state index is 13.7. The van der Waals surface area contributed by atoms with E-state index in [1.165, 1.54) is 6.92 Å². The highest BCUT2D eigenvalue weighted by Crippen LogP contribution is 2.27. The molecule has 0 atom stereocenters. The lowest BCUT2D eigenvalue weighted by Crippen LogP contribution is -2.07. The highest BCUT2D eigenvalue weighted by molar-refractivity contribution is 8.13. The van der Waals surface area contributed by atoms with E-state index in [1.54, 1.807) is 0 Å². The lowest BCUT2D eigenvalue weighted by molar-refractivity contribution is 0.448. The summed E-state index contributed by atoms with van der Waals surface area (Å²) >= 11 is 0. The molecule has 2 rings (SSSR count). The van der Waals surface area contributed by atoms with Gasteiger partial charge >= 0.3 is 0 Å². The minimum absolute atomic E-state index is 0.0437. The topological polar surface area (TPSA) is 64.8 Å². The number of nitrogens with zero attached hydrogens (tertiary/aromatic N) is 3. The van der Waals surface area contributed by atoms with Crippen LogP contribution in [0.25, 0.3) is 11.4 Å². The molecule has 2 aromatic rings. The summed E-state index contributed by atoms with van der Waals surface area (Å²) in [5.41, 5.74) is -0.412. The number of rotatable bonds is 3. The van der Waals surface area contributed by atoms with Crippen molar-refractivity contribution in [2.45, 2.75) is 18.6 Å². The molecule has 20 heavy (non-hydrogen) atoms. The SMILES string of the molecule is CCn1c(-c2ccc(F)c(F)c2F)nnc1S(=O)(=O)Cl. The summed E-state index contributed by atoms with van der Waals surface area (Å²) in [6, 6.07) is 1.64. The minimum Gasteiger partial charge on any atom is -0.297 e. The number of benzene rings is 1. The Balaban J connectivity index is 2.72. The summed E-state index contributed by atoms with van der Waals surface area (Å²) in [7, 11) is 0.968. The van der Waals surface area contributed by atoms with Crippen molar-refractivity contribution >= 4 is 19.7 Å². The Kier molecular flexibility index (Phi) is 3.74. The van der Waals surface area contributed by atoms with Crippen LogP contribution < -0.4 is 0 Å². The van der Waals surface area contributed by atoms with Crippen LogP contribution >= 0.6 is 10.7 Å². The van der Waals surface area contributed by atoms with Gasteiger partial charge in [-0.25, -0.2) is 21.6 Å². The van der Waals surface area contributed by atoms with Gasteiger partial charge in [0.25, 0.3) is 14.2 Å². The predicted molar refractivity (Wildman–Crippen MR) is 64.0 cm³/mol. The van der Waals surface area contributed by atoms with Gasteiger partial charge in [-0.1, -0.05) is 0 Å². The highest BCUT2D eigenvalue weighted by atomic mass is 35.7. The van der Waals surface area contributed by atoms with Crippen molar-refractivity contribution in [3.63, 3.8) is 0 Å².